The van der Waals surface area contributed by atoms with Crippen molar-refractivity contribution in [3.8, 4) is 6.07 Å². The molecule has 0 aromatic heterocycles. The Hall–Kier alpha value is -3.28. The van der Waals surface area contributed by atoms with Gasteiger partial charge in [-0.05, 0) is 77.4 Å². The molecule has 49 heavy (non-hydrogen) atoms. The van der Waals surface area contributed by atoms with Gasteiger partial charge in [-0.1, -0.05) is 13.8 Å². The van der Waals surface area contributed by atoms with E-state index in [1.54, 1.807) is 39.8 Å². The van der Waals surface area contributed by atoms with E-state index in [0.29, 0.717) is 80.0 Å². The number of carbonyl (C=O) groups is 5. The van der Waals surface area contributed by atoms with Crippen molar-refractivity contribution in [1.29, 1.82) is 5.26 Å². The number of fused-ring (bicyclic) bond motifs is 1. The molecule has 4 aliphatic rings. The van der Waals surface area contributed by atoms with Crippen LogP contribution in [0.2, 0.25) is 0 Å². The van der Waals surface area contributed by atoms with Crippen molar-refractivity contribution in [1.82, 2.24) is 0 Å². The molecule has 0 bridgehead atoms. The Morgan fingerprint density at radius 1 is 0.796 bits per heavy atom. The van der Waals surface area contributed by atoms with Crippen molar-refractivity contribution in [2.75, 3.05) is 6.61 Å². The average molecular weight is 720 g/mol. The minimum Gasteiger partial charge on any atom is -0.462 e. The minimum absolute atomic E-state index is 0.0890. The second-order valence-electron chi connectivity index (χ2n) is 13.2. The molecule has 0 aromatic rings. The van der Waals surface area contributed by atoms with Gasteiger partial charge >= 0.3 is 29.8 Å². The highest BCUT2D eigenvalue weighted by atomic mass is 32.2. The van der Waals surface area contributed by atoms with Gasteiger partial charge in [0.2, 0.25) is 0 Å². The smallest absolute Gasteiger partial charge is 0.350 e. The molecule has 1 aliphatic heterocycles. The Bertz CT molecular complexity index is 1330. The monoisotopic (exact) mass is 719 g/mol. The number of ether oxygens (including phenoxy) is 5. The normalized spacial score (nSPS) is 26.6. The van der Waals surface area contributed by atoms with Crippen molar-refractivity contribution >= 4 is 53.4 Å². The van der Waals surface area contributed by atoms with Crippen molar-refractivity contribution < 1.29 is 52.8 Å². The lowest BCUT2D eigenvalue weighted by atomic mass is 9.87. The molecule has 1 saturated heterocycles. The highest BCUT2D eigenvalue weighted by molar-refractivity contribution is 8.26. The van der Waals surface area contributed by atoms with Crippen LogP contribution in [0.15, 0.2) is 33.5 Å². The second kappa shape index (κ2) is 17.6. The third-order valence-corrected chi connectivity index (χ3v) is 11.9. The summed E-state index contributed by atoms with van der Waals surface area (Å²) in [6, 6.07) is 1.93. The van der Waals surface area contributed by atoms with Crippen molar-refractivity contribution in [2.45, 2.75) is 127 Å². The standard InChI is InChI=1S/C35H45NO11S2/c1-5-27(37)44-22-11-7-20(8-12-22)31(39)46-25-15-16-26(47-32(40)21-9-13-23(14-10-21)45-28(38)6-2)30-29(25)48-34(49-30)24(19-36)33(41)43-18-17-35(3,4)42/h15-16,20-23,29-30,42H,5-14,17-18H2,1-4H3. The maximum absolute atomic E-state index is 13.3. The first-order valence-corrected chi connectivity index (χ1v) is 18.7. The Morgan fingerprint density at radius 2 is 1.22 bits per heavy atom. The SMILES string of the molecule is CCC(=O)OC1CCC(C(=O)OC2=CC=C(OC(=O)C3CCC(OC(=O)CC)CC3)C3SC(=C(C#N)C(=O)OCCC(C)(C)O)SC23)CC1. The van der Waals surface area contributed by atoms with Crippen LogP contribution in [0.25, 0.3) is 0 Å². The Balaban J connectivity index is 1.48. The van der Waals surface area contributed by atoms with Crippen LogP contribution in [-0.4, -0.2) is 69.9 Å². The minimum atomic E-state index is -1.06. The third kappa shape index (κ3) is 10.9. The topological polar surface area (TPSA) is 176 Å². The summed E-state index contributed by atoms with van der Waals surface area (Å²) in [4.78, 5) is 63.0. The summed E-state index contributed by atoms with van der Waals surface area (Å²) < 4.78 is 28.4. The molecule has 12 nitrogen and oxygen atoms in total. The van der Waals surface area contributed by atoms with Gasteiger partial charge in [0.25, 0.3) is 0 Å². The number of thioether (sulfide) groups is 2. The molecule has 2 atom stereocenters. The first-order valence-electron chi connectivity index (χ1n) is 16.9. The number of carbonyl (C=O) groups excluding carboxylic acids is 5. The van der Waals surface area contributed by atoms with E-state index in [9.17, 15) is 34.3 Å². The van der Waals surface area contributed by atoms with Crippen molar-refractivity contribution in [2.24, 2.45) is 11.8 Å². The highest BCUT2D eigenvalue weighted by Crippen LogP contribution is 2.55. The summed E-state index contributed by atoms with van der Waals surface area (Å²) in [6.45, 7) is 6.55. The first-order chi connectivity index (χ1) is 23.3. The van der Waals surface area contributed by atoms with E-state index in [-0.39, 0.29) is 54.6 Å². The molecular weight excluding hydrogens is 675 g/mol. The summed E-state index contributed by atoms with van der Waals surface area (Å²) in [5.74, 6) is -2.37. The fourth-order valence-corrected chi connectivity index (χ4v) is 9.00. The summed E-state index contributed by atoms with van der Waals surface area (Å²) >= 11 is 2.32. The number of nitriles is 1. The summed E-state index contributed by atoms with van der Waals surface area (Å²) in [5.41, 5.74) is -1.28. The van der Waals surface area contributed by atoms with Crippen LogP contribution in [0.5, 0.6) is 0 Å². The summed E-state index contributed by atoms with van der Waals surface area (Å²) in [5, 5.41) is 18.7. The number of rotatable bonds is 12. The number of hydrogen-bond acceptors (Lipinski definition) is 14. The van der Waals surface area contributed by atoms with E-state index >= 15 is 0 Å². The van der Waals surface area contributed by atoms with Crippen LogP contribution >= 0.6 is 23.5 Å². The van der Waals surface area contributed by atoms with Crippen LogP contribution < -0.4 is 0 Å². The van der Waals surface area contributed by atoms with E-state index in [1.165, 1.54) is 0 Å². The Labute approximate surface area is 295 Å². The van der Waals surface area contributed by atoms with Gasteiger partial charge in [0.1, 0.15) is 29.8 Å². The molecule has 0 spiro atoms. The third-order valence-electron chi connectivity index (χ3n) is 8.81. The zero-order chi connectivity index (χ0) is 35.7. The van der Waals surface area contributed by atoms with Gasteiger partial charge in [-0.15, -0.1) is 23.5 Å². The van der Waals surface area contributed by atoms with Gasteiger partial charge in [0.05, 0.1) is 38.8 Å². The van der Waals surface area contributed by atoms with Gasteiger partial charge in [0, 0.05) is 19.3 Å². The molecule has 1 heterocycles. The lowest BCUT2D eigenvalue weighted by molar-refractivity contribution is -0.155. The first kappa shape index (κ1) is 38.5. The predicted molar refractivity (Wildman–Crippen MR) is 180 cm³/mol. The van der Waals surface area contributed by atoms with E-state index in [2.05, 4.69) is 0 Å². The van der Waals surface area contributed by atoms with Gasteiger partial charge in [-0.2, -0.15) is 5.26 Å². The molecule has 4 rings (SSSR count). The van der Waals surface area contributed by atoms with Crippen LogP contribution in [-0.2, 0) is 47.7 Å². The fourth-order valence-electron chi connectivity index (χ4n) is 5.86. The van der Waals surface area contributed by atoms with Crippen LogP contribution in [0, 0.1) is 23.2 Å². The average Bonchev–Trinajstić information content (AvgIpc) is 3.51. The molecule has 268 valence electrons. The molecule has 2 unspecified atom stereocenters. The quantitative estimate of drug-likeness (QED) is 0.115. The van der Waals surface area contributed by atoms with Gasteiger partial charge in [-0.25, -0.2) is 4.79 Å². The number of esters is 5. The summed E-state index contributed by atoms with van der Waals surface area (Å²) in [7, 11) is 0. The molecule has 0 aromatic carbocycles. The maximum atomic E-state index is 13.3. The number of hydrogen-bond donors (Lipinski definition) is 1. The van der Waals surface area contributed by atoms with Crippen molar-refractivity contribution in [3.63, 3.8) is 0 Å². The maximum Gasteiger partial charge on any atom is 0.350 e. The lowest BCUT2D eigenvalue weighted by Gasteiger charge is -2.30. The number of aliphatic hydroxyl groups is 1. The van der Waals surface area contributed by atoms with Crippen molar-refractivity contribution in [3.05, 3.63) is 33.5 Å². The molecule has 3 fully saturated rings. The second-order valence-corrected chi connectivity index (χ2v) is 15.7. The van der Waals surface area contributed by atoms with E-state index in [0.717, 1.165) is 23.5 Å². The van der Waals surface area contributed by atoms with E-state index in [1.807, 2.05) is 6.07 Å². The van der Waals surface area contributed by atoms with Gasteiger partial charge < -0.3 is 28.8 Å². The van der Waals surface area contributed by atoms with Gasteiger partial charge in [-0.3, -0.25) is 19.2 Å². The van der Waals surface area contributed by atoms with Crippen LogP contribution in [0.4, 0.5) is 0 Å². The fraction of sp³-hybridized carbons (Fsp3) is 0.657. The molecule has 2 saturated carbocycles. The predicted octanol–water partition coefficient (Wildman–Crippen LogP) is 5.53. The Kier molecular flexibility index (Phi) is 13.8. The van der Waals surface area contributed by atoms with E-state index < -0.39 is 34.0 Å². The lowest BCUT2D eigenvalue weighted by Crippen LogP contribution is -2.33. The highest BCUT2D eigenvalue weighted by Gasteiger charge is 2.45. The van der Waals surface area contributed by atoms with Crippen LogP contribution in [0.3, 0.4) is 0 Å². The van der Waals surface area contributed by atoms with Crippen LogP contribution in [0.1, 0.15) is 98.3 Å². The molecule has 1 N–H and O–H groups in total. The largest absolute Gasteiger partial charge is 0.462 e. The van der Waals surface area contributed by atoms with E-state index in [4.69, 9.17) is 23.7 Å². The van der Waals surface area contributed by atoms with Gasteiger partial charge in [0.15, 0.2) is 5.57 Å². The molecular formula is C35H45NO11S2. The number of allylic oxidation sites excluding steroid dienone is 2. The summed E-state index contributed by atoms with van der Waals surface area (Å²) in [6.07, 6.45) is 7.71. The Morgan fingerprint density at radius 3 is 1.59 bits per heavy atom. The molecule has 0 amide bonds. The molecule has 3 aliphatic carbocycles. The molecule has 0 radical (unpaired) electrons. The zero-order valence-electron chi connectivity index (χ0n) is 28.4. The molecule has 14 heteroatoms. The number of nitrogens with zero attached hydrogens (tertiary/aromatic N) is 1. The zero-order valence-corrected chi connectivity index (χ0v) is 30.0.